The van der Waals surface area contributed by atoms with Crippen molar-refractivity contribution in [2.24, 2.45) is 0 Å². The van der Waals surface area contributed by atoms with Crippen LogP contribution in [-0.4, -0.2) is 19.7 Å². The van der Waals surface area contributed by atoms with Gasteiger partial charge in [-0.05, 0) is 42.3 Å². The van der Waals surface area contributed by atoms with Gasteiger partial charge in [0, 0.05) is 29.5 Å². The molecule has 0 aliphatic heterocycles. The highest BCUT2D eigenvalue weighted by Gasteiger charge is 2.17. The van der Waals surface area contributed by atoms with Crippen LogP contribution < -0.4 is 0 Å². The van der Waals surface area contributed by atoms with Gasteiger partial charge in [-0.25, -0.2) is 18.4 Å². The molecule has 4 aromatic rings. The molecule has 0 aliphatic rings. The Balaban J connectivity index is 2.00. The van der Waals surface area contributed by atoms with E-state index in [4.69, 9.17) is 0 Å². The van der Waals surface area contributed by atoms with Crippen molar-refractivity contribution in [2.75, 3.05) is 0 Å². The molecule has 0 N–H and O–H groups in total. The minimum atomic E-state index is -0.690. The van der Waals surface area contributed by atoms with E-state index in [2.05, 4.69) is 15.1 Å². The lowest BCUT2D eigenvalue weighted by Gasteiger charge is -2.08. The first kappa shape index (κ1) is 14.4. The van der Waals surface area contributed by atoms with E-state index in [1.165, 1.54) is 22.9 Å². The van der Waals surface area contributed by atoms with Crippen LogP contribution in [0.25, 0.3) is 27.8 Å². The highest BCUT2D eigenvalue weighted by atomic mass is 19.1. The molecule has 0 amide bonds. The number of aromatic nitrogens is 4. The molecule has 4 rings (SSSR count). The average molecular weight is 322 g/mol. The average Bonchev–Trinajstić information content (AvgIpc) is 2.99. The van der Waals surface area contributed by atoms with Crippen molar-refractivity contribution >= 4 is 11.0 Å². The van der Waals surface area contributed by atoms with Crippen LogP contribution in [0.5, 0.6) is 0 Å². The molecule has 6 heteroatoms. The van der Waals surface area contributed by atoms with Crippen molar-refractivity contribution in [3.8, 4) is 16.8 Å². The molecule has 0 atom stereocenters. The zero-order valence-corrected chi connectivity index (χ0v) is 12.7. The summed E-state index contributed by atoms with van der Waals surface area (Å²) in [7, 11) is 0. The maximum Gasteiger partial charge on any atom is 0.163 e. The quantitative estimate of drug-likeness (QED) is 0.559. The lowest BCUT2D eigenvalue weighted by Crippen LogP contribution is -2.03. The van der Waals surface area contributed by atoms with Crippen molar-refractivity contribution in [1.29, 1.82) is 0 Å². The van der Waals surface area contributed by atoms with Crippen LogP contribution in [0.2, 0.25) is 0 Å². The van der Waals surface area contributed by atoms with Crippen LogP contribution >= 0.6 is 0 Å². The second-order valence-electron chi connectivity index (χ2n) is 5.41. The number of hydrogen-bond acceptors (Lipinski definition) is 3. The molecule has 1 aromatic carbocycles. The molecule has 0 spiro atoms. The first-order valence-electron chi connectivity index (χ1n) is 7.35. The Kier molecular flexibility index (Phi) is 3.30. The van der Waals surface area contributed by atoms with Gasteiger partial charge < -0.3 is 0 Å². The third-order valence-electron chi connectivity index (χ3n) is 3.95. The molecule has 24 heavy (non-hydrogen) atoms. The van der Waals surface area contributed by atoms with E-state index in [1.807, 2.05) is 19.1 Å². The standard InChI is InChI=1S/C18H12F2N4/c1-11-5-7-21-9-13(11)12-6-8-22-18-14(12)10-23-24(18)17-15(19)3-2-4-16(17)20/h2-10H,1H3. The summed E-state index contributed by atoms with van der Waals surface area (Å²) in [6, 6.07) is 7.46. The van der Waals surface area contributed by atoms with Crippen LogP contribution in [0.1, 0.15) is 5.56 Å². The molecule has 0 radical (unpaired) electrons. The highest BCUT2D eigenvalue weighted by Crippen LogP contribution is 2.30. The lowest BCUT2D eigenvalue weighted by molar-refractivity contribution is 0.562. The fraction of sp³-hybridized carbons (Fsp3) is 0.0556. The normalized spacial score (nSPS) is 11.1. The number of nitrogens with zero attached hydrogens (tertiary/aromatic N) is 4. The largest absolute Gasteiger partial charge is 0.264 e. The van der Waals surface area contributed by atoms with Gasteiger partial charge in [-0.15, -0.1) is 0 Å². The van der Waals surface area contributed by atoms with E-state index >= 15 is 0 Å². The third-order valence-corrected chi connectivity index (χ3v) is 3.95. The number of fused-ring (bicyclic) bond motifs is 1. The van der Waals surface area contributed by atoms with Gasteiger partial charge >= 0.3 is 0 Å². The van der Waals surface area contributed by atoms with Crippen LogP contribution in [-0.2, 0) is 0 Å². The lowest BCUT2D eigenvalue weighted by atomic mass is 10.0. The Hall–Kier alpha value is -3.15. The molecule has 118 valence electrons. The minimum absolute atomic E-state index is 0.236. The number of pyridine rings is 2. The van der Waals surface area contributed by atoms with Crippen LogP contribution in [0.15, 0.2) is 55.1 Å². The first-order valence-corrected chi connectivity index (χ1v) is 7.35. The molecule has 0 bridgehead atoms. The Bertz CT molecular complexity index is 1040. The van der Waals surface area contributed by atoms with Crippen molar-refractivity contribution in [3.63, 3.8) is 0 Å². The molecule has 0 saturated heterocycles. The van der Waals surface area contributed by atoms with Gasteiger partial charge in [-0.3, -0.25) is 4.98 Å². The molecule has 0 unspecified atom stereocenters. The molecule has 0 aliphatic carbocycles. The van der Waals surface area contributed by atoms with Gasteiger partial charge in [0.2, 0.25) is 0 Å². The number of para-hydroxylation sites is 1. The van der Waals surface area contributed by atoms with Crippen LogP contribution in [0.3, 0.4) is 0 Å². The zero-order valence-electron chi connectivity index (χ0n) is 12.7. The van der Waals surface area contributed by atoms with Crippen molar-refractivity contribution in [1.82, 2.24) is 19.7 Å². The number of aryl methyl sites for hydroxylation is 1. The summed E-state index contributed by atoms with van der Waals surface area (Å²) in [5.74, 6) is -1.38. The second kappa shape index (κ2) is 5.49. The Morgan fingerprint density at radius 2 is 1.71 bits per heavy atom. The Morgan fingerprint density at radius 3 is 2.46 bits per heavy atom. The topological polar surface area (TPSA) is 43.6 Å². The van der Waals surface area contributed by atoms with E-state index in [0.717, 1.165) is 16.7 Å². The smallest absolute Gasteiger partial charge is 0.163 e. The Labute approximate surface area is 136 Å². The van der Waals surface area contributed by atoms with Gasteiger partial charge in [-0.2, -0.15) is 5.10 Å². The van der Waals surface area contributed by atoms with Crippen molar-refractivity contribution in [3.05, 3.63) is 72.3 Å². The summed E-state index contributed by atoms with van der Waals surface area (Å²) in [5.41, 5.74) is 2.99. The third kappa shape index (κ3) is 2.15. The summed E-state index contributed by atoms with van der Waals surface area (Å²) in [6.07, 6.45) is 6.64. The predicted molar refractivity (Wildman–Crippen MR) is 86.7 cm³/mol. The fourth-order valence-electron chi connectivity index (χ4n) is 2.76. The summed E-state index contributed by atoms with van der Waals surface area (Å²) >= 11 is 0. The first-order chi connectivity index (χ1) is 11.7. The fourth-order valence-corrected chi connectivity index (χ4v) is 2.76. The van der Waals surface area contributed by atoms with E-state index < -0.39 is 11.6 Å². The van der Waals surface area contributed by atoms with E-state index in [9.17, 15) is 8.78 Å². The number of halogens is 2. The summed E-state index contributed by atoms with van der Waals surface area (Å²) in [6.45, 7) is 1.98. The van der Waals surface area contributed by atoms with Crippen molar-refractivity contribution < 1.29 is 8.78 Å². The van der Waals surface area contributed by atoms with Gasteiger partial charge in [-0.1, -0.05) is 6.07 Å². The molecular formula is C18H12F2N4. The maximum absolute atomic E-state index is 14.1. The molecular weight excluding hydrogens is 310 g/mol. The van der Waals surface area contributed by atoms with Crippen LogP contribution in [0.4, 0.5) is 8.78 Å². The van der Waals surface area contributed by atoms with Crippen LogP contribution in [0, 0.1) is 18.6 Å². The van der Waals surface area contributed by atoms with E-state index in [1.54, 1.807) is 24.8 Å². The zero-order chi connectivity index (χ0) is 16.7. The molecule has 4 nitrogen and oxygen atoms in total. The number of hydrogen-bond donors (Lipinski definition) is 0. The molecule has 3 heterocycles. The van der Waals surface area contributed by atoms with Gasteiger partial charge in [0.05, 0.1) is 6.20 Å². The summed E-state index contributed by atoms with van der Waals surface area (Å²) in [5, 5.41) is 4.86. The maximum atomic E-state index is 14.1. The van der Waals surface area contributed by atoms with Gasteiger partial charge in [0.1, 0.15) is 5.69 Å². The number of rotatable bonds is 2. The predicted octanol–water partition coefficient (Wildman–Crippen LogP) is 4.07. The van der Waals surface area contributed by atoms with Gasteiger partial charge in [0.25, 0.3) is 0 Å². The molecule has 3 aromatic heterocycles. The van der Waals surface area contributed by atoms with Gasteiger partial charge in [0.15, 0.2) is 17.3 Å². The molecule has 0 fully saturated rings. The minimum Gasteiger partial charge on any atom is -0.264 e. The molecule has 0 saturated carbocycles. The highest BCUT2D eigenvalue weighted by molar-refractivity contribution is 5.93. The Morgan fingerprint density at radius 1 is 0.917 bits per heavy atom. The van der Waals surface area contributed by atoms with E-state index in [0.29, 0.717) is 11.0 Å². The summed E-state index contributed by atoms with van der Waals surface area (Å²) < 4.78 is 29.4. The van der Waals surface area contributed by atoms with Crippen molar-refractivity contribution in [2.45, 2.75) is 6.92 Å². The monoisotopic (exact) mass is 322 g/mol. The number of benzene rings is 1. The van der Waals surface area contributed by atoms with E-state index in [-0.39, 0.29) is 5.69 Å². The SMILES string of the molecule is Cc1ccncc1-c1ccnc2c1cnn2-c1c(F)cccc1F. The summed E-state index contributed by atoms with van der Waals surface area (Å²) in [4.78, 5) is 8.42. The second-order valence-corrected chi connectivity index (χ2v) is 5.41.